The standard InChI is InChI=1S/C32H32N2O6S/c35-27(22-39-28-10-3-1-4-11-28)20-33-21-29-16-14-25-18-24(15-17-31(25)40-29)23-8-7-9-26(19-23)32(36)34-41(37,38)30-12-5-2-6-13-30/h1-13,15,17-19,27,29,33,35H,14,16,20-22H2,(H,34,36)/t27-,29+/m0/s1. The van der Waals surface area contributed by atoms with Crippen molar-refractivity contribution in [2.24, 2.45) is 0 Å². The highest BCUT2D eigenvalue weighted by Crippen LogP contribution is 2.32. The molecule has 0 bridgehead atoms. The maximum Gasteiger partial charge on any atom is 0.265 e. The van der Waals surface area contributed by atoms with Crippen LogP contribution in [-0.4, -0.2) is 51.3 Å². The SMILES string of the molecule is O=C(NS(=O)(=O)c1ccccc1)c1cccc(-c2ccc3c(c2)CC[C@H](CNC[C@H](O)COc2ccccc2)O3)c1. The minimum Gasteiger partial charge on any atom is -0.491 e. The van der Waals surface area contributed by atoms with E-state index in [1.807, 2.05) is 54.6 Å². The molecule has 5 rings (SSSR count). The molecule has 0 saturated heterocycles. The van der Waals surface area contributed by atoms with E-state index < -0.39 is 22.0 Å². The van der Waals surface area contributed by atoms with Crippen LogP contribution in [-0.2, 0) is 16.4 Å². The first-order valence-corrected chi connectivity index (χ1v) is 14.9. The number of sulfonamides is 1. The molecule has 0 spiro atoms. The van der Waals surface area contributed by atoms with Crippen LogP contribution < -0.4 is 19.5 Å². The van der Waals surface area contributed by atoms with Gasteiger partial charge < -0.3 is 19.9 Å². The molecule has 1 heterocycles. The molecule has 2 atom stereocenters. The molecule has 0 unspecified atom stereocenters. The number of carbonyl (C=O) groups excluding carboxylic acids is 1. The predicted octanol–water partition coefficient (Wildman–Crippen LogP) is 4.20. The minimum atomic E-state index is -3.97. The summed E-state index contributed by atoms with van der Waals surface area (Å²) < 4.78 is 39.1. The number of benzene rings is 4. The van der Waals surface area contributed by atoms with Gasteiger partial charge in [-0.15, -0.1) is 0 Å². The highest BCUT2D eigenvalue weighted by molar-refractivity contribution is 7.90. The van der Waals surface area contributed by atoms with Crippen LogP contribution in [0.15, 0.2) is 108 Å². The Labute approximate surface area is 240 Å². The Morgan fingerprint density at radius 2 is 1.66 bits per heavy atom. The van der Waals surface area contributed by atoms with Crippen molar-refractivity contribution in [1.82, 2.24) is 10.0 Å². The topological polar surface area (TPSA) is 114 Å². The maximum atomic E-state index is 12.8. The smallest absolute Gasteiger partial charge is 0.265 e. The number of hydrogen-bond donors (Lipinski definition) is 3. The third-order valence-corrected chi connectivity index (χ3v) is 8.11. The summed E-state index contributed by atoms with van der Waals surface area (Å²) in [5.41, 5.74) is 3.02. The van der Waals surface area contributed by atoms with Gasteiger partial charge in [-0.2, -0.15) is 0 Å². The highest BCUT2D eigenvalue weighted by Gasteiger charge is 2.22. The monoisotopic (exact) mass is 572 g/mol. The predicted molar refractivity (Wildman–Crippen MR) is 157 cm³/mol. The molecule has 9 heteroatoms. The lowest BCUT2D eigenvalue weighted by Crippen LogP contribution is -2.39. The summed E-state index contributed by atoms with van der Waals surface area (Å²) in [5, 5.41) is 13.5. The number of hydrogen-bond acceptors (Lipinski definition) is 7. The minimum absolute atomic E-state index is 0.0193. The summed E-state index contributed by atoms with van der Waals surface area (Å²) >= 11 is 0. The number of ether oxygens (including phenoxy) is 2. The second-order valence-electron chi connectivity index (χ2n) is 9.87. The number of para-hydroxylation sites is 1. The summed E-state index contributed by atoms with van der Waals surface area (Å²) in [7, 11) is -3.97. The molecule has 0 saturated carbocycles. The molecule has 212 valence electrons. The zero-order chi connectivity index (χ0) is 28.7. The van der Waals surface area contributed by atoms with E-state index in [0.29, 0.717) is 13.1 Å². The van der Waals surface area contributed by atoms with E-state index in [1.54, 1.807) is 36.4 Å². The van der Waals surface area contributed by atoms with Crippen LogP contribution in [0.3, 0.4) is 0 Å². The van der Waals surface area contributed by atoms with Gasteiger partial charge >= 0.3 is 0 Å². The zero-order valence-corrected chi connectivity index (χ0v) is 23.2. The Morgan fingerprint density at radius 3 is 2.44 bits per heavy atom. The van der Waals surface area contributed by atoms with Crippen LogP contribution in [0.4, 0.5) is 0 Å². The van der Waals surface area contributed by atoms with Crippen molar-refractivity contribution in [3.05, 3.63) is 114 Å². The van der Waals surface area contributed by atoms with Crippen LogP contribution in [0.1, 0.15) is 22.3 Å². The van der Waals surface area contributed by atoms with Crippen LogP contribution in [0, 0.1) is 0 Å². The molecule has 4 aromatic carbocycles. The van der Waals surface area contributed by atoms with Crippen LogP contribution in [0.5, 0.6) is 11.5 Å². The van der Waals surface area contributed by atoms with E-state index in [4.69, 9.17) is 9.47 Å². The van der Waals surface area contributed by atoms with E-state index in [0.717, 1.165) is 41.0 Å². The molecule has 3 N–H and O–H groups in total. The van der Waals surface area contributed by atoms with Gasteiger partial charge in [-0.1, -0.05) is 54.6 Å². The molecule has 1 amide bonds. The number of aliphatic hydroxyl groups is 1. The van der Waals surface area contributed by atoms with E-state index in [2.05, 4.69) is 10.0 Å². The lowest BCUT2D eigenvalue weighted by atomic mass is 9.96. The molecule has 0 aromatic heterocycles. The normalized spacial score (nSPS) is 15.3. The summed E-state index contributed by atoms with van der Waals surface area (Å²) in [4.78, 5) is 12.8. The molecule has 0 fully saturated rings. The van der Waals surface area contributed by atoms with Gasteiger partial charge in [0.1, 0.15) is 30.3 Å². The highest BCUT2D eigenvalue weighted by atomic mass is 32.2. The summed E-state index contributed by atoms with van der Waals surface area (Å²) in [6, 6.07) is 30.0. The van der Waals surface area contributed by atoms with Crippen LogP contribution in [0.2, 0.25) is 0 Å². The third kappa shape index (κ3) is 7.52. The zero-order valence-electron chi connectivity index (χ0n) is 22.4. The van der Waals surface area contributed by atoms with Crippen molar-refractivity contribution >= 4 is 15.9 Å². The maximum absolute atomic E-state index is 12.8. The number of nitrogens with one attached hydrogen (secondary N) is 2. The van der Waals surface area contributed by atoms with Gasteiger partial charge in [0.15, 0.2) is 0 Å². The molecular formula is C32H32N2O6S. The first-order valence-electron chi connectivity index (χ1n) is 13.5. The van der Waals surface area contributed by atoms with E-state index in [1.165, 1.54) is 12.1 Å². The largest absolute Gasteiger partial charge is 0.491 e. The molecule has 0 radical (unpaired) electrons. The number of rotatable bonds is 11. The number of aryl methyl sites for hydroxylation is 1. The quantitative estimate of drug-likeness (QED) is 0.247. The third-order valence-electron chi connectivity index (χ3n) is 6.77. The van der Waals surface area contributed by atoms with Crippen LogP contribution >= 0.6 is 0 Å². The van der Waals surface area contributed by atoms with Crippen molar-refractivity contribution in [2.75, 3.05) is 19.7 Å². The average Bonchev–Trinajstić information content (AvgIpc) is 3.00. The molecule has 1 aliphatic rings. The Hall–Kier alpha value is -4.18. The Morgan fingerprint density at radius 1 is 0.927 bits per heavy atom. The lowest BCUT2D eigenvalue weighted by molar-refractivity contribution is 0.0980. The lowest BCUT2D eigenvalue weighted by Gasteiger charge is -2.27. The first kappa shape index (κ1) is 28.4. The van der Waals surface area contributed by atoms with Gasteiger partial charge in [0.05, 0.1) is 4.90 Å². The summed E-state index contributed by atoms with van der Waals surface area (Å²) in [5.74, 6) is 0.843. The van der Waals surface area contributed by atoms with Crippen molar-refractivity contribution in [3.63, 3.8) is 0 Å². The van der Waals surface area contributed by atoms with Crippen molar-refractivity contribution < 1.29 is 27.8 Å². The summed E-state index contributed by atoms with van der Waals surface area (Å²) in [6.07, 6.45) is 0.990. The Bertz CT molecular complexity index is 1580. The first-order chi connectivity index (χ1) is 19.9. The number of carbonyl (C=O) groups is 1. The van der Waals surface area contributed by atoms with Gasteiger partial charge in [-0.25, -0.2) is 13.1 Å². The second kappa shape index (κ2) is 13.0. The van der Waals surface area contributed by atoms with Gasteiger partial charge in [0.2, 0.25) is 0 Å². The molecule has 8 nitrogen and oxygen atoms in total. The molecule has 0 aliphatic carbocycles. The average molecular weight is 573 g/mol. The van der Waals surface area contributed by atoms with E-state index in [9.17, 15) is 18.3 Å². The van der Waals surface area contributed by atoms with Crippen molar-refractivity contribution in [3.8, 4) is 22.6 Å². The van der Waals surface area contributed by atoms with E-state index >= 15 is 0 Å². The molecule has 4 aromatic rings. The molecule has 1 aliphatic heterocycles. The van der Waals surface area contributed by atoms with E-state index in [-0.39, 0.29) is 23.2 Å². The summed E-state index contributed by atoms with van der Waals surface area (Å²) in [6.45, 7) is 1.21. The van der Waals surface area contributed by atoms with Gasteiger partial charge in [-0.05, 0) is 78.1 Å². The molecule has 41 heavy (non-hydrogen) atoms. The van der Waals surface area contributed by atoms with Gasteiger partial charge in [0.25, 0.3) is 15.9 Å². The fourth-order valence-electron chi connectivity index (χ4n) is 4.63. The number of amides is 1. The second-order valence-corrected chi connectivity index (χ2v) is 11.5. The fourth-order valence-corrected chi connectivity index (χ4v) is 5.62. The van der Waals surface area contributed by atoms with Crippen molar-refractivity contribution in [2.45, 2.75) is 29.9 Å². The number of fused-ring (bicyclic) bond motifs is 1. The Balaban J connectivity index is 1.15. The molecular weight excluding hydrogens is 540 g/mol. The van der Waals surface area contributed by atoms with Crippen molar-refractivity contribution in [1.29, 1.82) is 0 Å². The van der Waals surface area contributed by atoms with Gasteiger partial charge in [-0.3, -0.25) is 4.79 Å². The van der Waals surface area contributed by atoms with Gasteiger partial charge in [0, 0.05) is 18.7 Å². The van der Waals surface area contributed by atoms with Crippen LogP contribution in [0.25, 0.3) is 11.1 Å². The fraction of sp³-hybridized carbons (Fsp3) is 0.219. The Kier molecular flexibility index (Phi) is 8.98. The number of aliphatic hydroxyl groups excluding tert-OH is 1.